The molecule has 0 amide bonds. The second-order valence-corrected chi connectivity index (χ2v) is 9.43. The third-order valence-corrected chi connectivity index (χ3v) is 6.97. The molecule has 0 aliphatic heterocycles. The first kappa shape index (κ1) is 22.6. The molecule has 2 rings (SSSR count). The molecule has 2 aromatic rings. The van der Waals surface area contributed by atoms with E-state index in [1.54, 1.807) is 0 Å². The highest BCUT2D eigenvalue weighted by atomic mass is 31.2. The van der Waals surface area contributed by atoms with Gasteiger partial charge in [-0.05, 0) is 59.6 Å². The van der Waals surface area contributed by atoms with Crippen molar-refractivity contribution in [2.24, 2.45) is 0 Å². The van der Waals surface area contributed by atoms with Gasteiger partial charge >= 0.3 is 7.60 Å². The molecule has 0 spiro atoms. The van der Waals surface area contributed by atoms with E-state index in [9.17, 15) is 4.57 Å². The van der Waals surface area contributed by atoms with Gasteiger partial charge in [0.05, 0.1) is 18.5 Å². The minimum atomic E-state index is -3.42. The molecule has 4 heteroatoms. The fourth-order valence-corrected chi connectivity index (χ4v) is 5.20. The molecule has 0 unspecified atom stereocenters. The van der Waals surface area contributed by atoms with E-state index in [4.69, 9.17) is 9.05 Å². The second kappa shape index (κ2) is 9.69. The van der Waals surface area contributed by atoms with Crippen molar-refractivity contribution in [1.82, 2.24) is 0 Å². The minimum Gasteiger partial charge on any atom is -0.305 e. The average molecular weight is 400 g/mol. The van der Waals surface area contributed by atoms with Crippen LogP contribution in [0.4, 0.5) is 0 Å². The normalized spacial score (nSPS) is 12.0. The van der Waals surface area contributed by atoms with Crippen molar-refractivity contribution in [2.45, 2.75) is 53.4 Å². The quantitative estimate of drug-likeness (QED) is 0.420. The summed E-state index contributed by atoms with van der Waals surface area (Å²) in [6.45, 7) is 17.1. The van der Waals surface area contributed by atoms with Gasteiger partial charge in [-0.25, -0.2) is 0 Å². The molecule has 0 N–H and O–H groups in total. The fraction of sp³-hybridized carbons (Fsp3) is 0.417. The van der Waals surface area contributed by atoms with Gasteiger partial charge in [0.2, 0.25) is 0 Å². The predicted octanol–water partition coefficient (Wildman–Crippen LogP) is 7.13. The van der Waals surface area contributed by atoms with Gasteiger partial charge in [-0.3, -0.25) is 4.57 Å². The number of rotatable bonds is 9. The molecule has 0 heterocycles. The Bertz CT molecular complexity index is 858. The van der Waals surface area contributed by atoms with Gasteiger partial charge in [-0.1, -0.05) is 70.7 Å². The van der Waals surface area contributed by atoms with Gasteiger partial charge in [0.15, 0.2) is 0 Å². The number of hydrogen-bond donors (Lipinski definition) is 0. The molecule has 0 radical (unpaired) electrons. The van der Waals surface area contributed by atoms with Gasteiger partial charge in [0, 0.05) is 0 Å². The maximum absolute atomic E-state index is 13.6. The minimum absolute atomic E-state index is 0.305. The van der Waals surface area contributed by atoms with Crippen molar-refractivity contribution >= 4 is 19.0 Å². The van der Waals surface area contributed by atoms with E-state index < -0.39 is 7.60 Å². The summed E-state index contributed by atoms with van der Waals surface area (Å²) in [5.41, 5.74) is 5.49. The van der Waals surface area contributed by atoms with Crippen molar-refractivity contribution in [1.29, 1.82) is 0 Å². The van der Waals surface area contributed by atoms with E-state index in [1.165, 1.54) is 11.1 Å². The molecular formula is C24H33O3P. The molecule has 0 bridgehead atoms. The average Bonchev–Trinajstić information content (AvgIpc) is 2.67. The monoisotopic (exact) mass is 400 g/mol. The van der Waals surface area contributed by atoms with Crippen LogP contribution in [0.15, 0.2) is 43.0 Å². The van der Waals surface area contributed by atoms with E-state index in [0.717, 1.165) is 16.7 Å². The Balaban J connectivity index is 2.86. The largest absolute Gasteiger partial charge is 0.361 e. The summed E-state index contributed by atoms with van der Waals surface area (Å²) in [7, 11) is -3.42. The van der Waals surface area contributed by atoms with Gasteiger partial charge in [-0.15, -0.1) is 0 Å². The van der Waals surface area contributed by atoms with Crippen LogP contribution in [0.3, 0.4) is 0 Å². The Hall–Kier alpha value is -1.67. The number of hydrogen-bond acceptors (Lipinski definition) is 3. The summed E-state index contributed by atoms with van der Waals surface area (Å²) in [6, 6.07) is 12.2. The molecule has 0 aromatic heterocycles. The van der Waals surface area contributed by atoms with Gasteiger partial charge in [-0.2, -0.15) is 0 Å². The first-order chi connectivity index (χ1) is 13.3. The van der Waals surface area contributed by atoms with Crippen LogP contribution in [0.2, 0.25) is 0 Å². The lowest BCUT2D eigenvalue weighted by molar-refractivity contribution is 0.230. The summed E-state index contributed by atoms with van der Waals surface area (Å²) >= 11 is 0. The first-order valence-electron chi connectivity index (χ1n) is 10.1. The van der Waals surface area contributed by atoms with Crippen LogP contribution in [0.1, 0.15) is 70.1 Å². The molecule has 0 fully saturated rings. The van der Waals surface area contributed by atoms with Crippen LogP contribution in [-0.2, 0) is 13.6 Å². The molecule has 3 nitrogen and oxygen atoms in total. The third-order valence-electron chi connectivity index (χ3n) is 4.80. The topological polar surface area (TPSA) is 35.5 Å². The standard InChI is InChI=1S/C24H33O3P/c1-8-19-15-20(17(4)5)16-22(18(6)7)24(19)21-13-11-12-14-23(21)28(25,26-9-2)27-10-3/h8,11-18H,1,9-10H2,2-7H3. The lowest BCUT2D eigenvalue weighted by atomic mass is 9.85. The smallest absolute Gasteiger partial charge is 0.305 e. The fourth-order valence-electron chi connectivity index (χ4n) is 3.41. The predicted molar refractivity (Wildman–Crippen MR) is 121 cm³/mol. The van der Waals surface area contributed by atoms with Gasteiger partial charge in [0.25, 0.3) is 0 Å². The van der Waals surface area contributed by atoms with E-state index >= 15 is 0 Å². The zero-order valence-electron chi connectivity index (χ0n) is 18.0. The Morgan fingerprint density at radius 3 is 2.11 bits per heavy atom. The highest BCUT2D eigenvalue weighted by Crippen LogP contribution is 2.50. The van der Waals surface area contributed by atoms with Crippen molar-refractivity contribution in [3.63, 3.8) is 0 Å². The lowest BCUT2D eigenvalue weighted by Gasteiger charge is -2.24. The molecule has 0 aliphatic carbocycles. The van der Waals surface area contributed by atoms with Crippen molar-refractivity contribution in [2.75, 3.05) is 13.2 Å². The van der Waals surface area contributed by atoms with E-state index in [-0.39, 0.29) is 0 Å². The van der Waals surface area contributed by atoms with Crippen LogP contribution in [0.25, 0.3) is 17.2 Å². The molecule has 0 atom stereocenters. The molecule has 0 saturated heterocycles. The Labute approximate surface area is 170 Å². The van der Waals surface area contributed by atoms with E-state index in [0.29, 0.717) is 30.4 Å². The molecular weight excluding hydrogens is 367 g/mol. The maximum Gasteiger partial charge on any atom is 0.361 e. The maximum atomic E-state index is 13.6. The summed E-state index contributed by atoms with van der Waals surface area (Å²) in [6.07, 6.45) is 1.89. The van der Waals surface area contributed by atoms with Crippen LogP contribution in [0.5, 0.6) is 0 Å². The highest BCUT2D eigenvalue weighted by molar-refractivity contribution is 7.62. The highest BCUT2D eigenvalue weighted by Gasteiger charge is 2.31. The van der Waals surface area contributed by atoms with Crippen LogP contribution < -0.4 is 5.30 Å². The van der Waals surface area contributed by atoms with Crippen LogP contribution in [0, 0.1) is 0 Å². The molecule has 0 saturated carbocycles. The first-order valence-corrected chi connectivity index (χ1v) is 11.6. The Morgan fingerprint density at radius 2 is 1.61 bits per heavy atom. The summed E-state index contributed by atoms with van der Waals surface area (Å²) < 4.78 is 24.9. The lowest BCUT2D eigenvalue weighted by Crippen LogP contribution is -2.15. The summed E-state index contributed by atoms with van der Waals surface area (Å²) in [5.74, 6) is 0.720. The SMILES string of the molecule is C=Cc1cc(C(C)C)cc(C(C)C)c1-c1ccccc1P(=O)(OCC)OCC. The third kappa shape index (κ3) is 4.66. The molecule has 28 heavy (non-hydrogen) atoms. The van der Waals surface area contributed by atoms with Crippen molar-refractivity contribution in [3.8, 4) is 11.1 Å². The second-order valence-electron chi connectivity index (χ2n) is 7.44. The van der Waals surface area contributed by atoms with Crippen molar-refractivity contribution < 1.29 is 13.6 Å². The zero-order valence-corrected chi connectivity index (χ0v) is 18.9. The summed E-state index contributed by atoms with van der Waals surface area (Å²) in [4.78, 5) is 0. The van der Waals surface area contributed by atoms with E-state index in [1.807, 2.05) is 44.2 Å². The van der Waals surface area contributed by atoms with Crippen molar-refractivity contribution in [3.05, 3.63) is 59.7 Å². The molecule has 0 aliphatic rings. The van der Waals surface area contributed by atoms with E-state index in [2.05, 4.69) is 46.4 Å². The Morgan fingerprint density at radius 1 is 1.00 bits per heavy atom. The molecule has 152 valence electrons. The zero-order chi connectivity index (χ0) is 20.9. The van der Waals surface area contributed by atoms with Crippen LogP contribution >= 0.6 is 7.60 Å². The van der Waals surface area contributed by atoms with Gasteiger partial charge < -0.3 is 9.05 Å². The van der Waals surface area contributed by atoms with Gasteiger partial charge in [0.1, 0.15) is 0 Å². The Kier molecular flexibility index (Phi) is 7.83. The summed E-state index contributed by atoms with van der Waals surface area (Å²) in [5, 5.41) is 0.612. The molecule has 2 aromatic carbocycles. The van der Waals surface area contributed by atoms with Crippen LogP contribution in [-0.4, -0.2) is 13.2 Å². The number of benzene rings is 2.